The summed E-state index contributed by atoms with van der Waals surface area (Å²) in [6.07, 6.45) is 4.41. The van der Waals surface area contributed by atoms with E-state index in [4.69, 9.17) is 17.3 Å². The number of thioether (sulfide) groups is 1. The van der Waals surface area contributed by atoms with Gasteiger partial charge in [-0.25, -0.2) is 0 Å². The van der Waals surface area contributed by atoms with Crippen LogP contribution in [0.25, 0.3) is 0 Å². The second-order valence-electron chi connectivity index (χ2n) is 4.83. The molecule has 2 unspecified atom stereocenters. The predicted molar refractivity (Wildman–Crippen MR) is 95.6 cm³/mol. The maximum Gasteiger partial charge on any atom is 0.237 e. The van der Waals surface area contributed by atoms with Crippen molar-refractivity contribution in [2.75, 3.05) is 12.0 Å². The van der Waals surface area contributed by atoms with Gasteiger partial charge < -0.3 is 11.1 Å². The highest BCUT2D eigenvalue weighted by atomic mass is 35.5. The first-order valence-electron chi connectivity index (χ1n) is 6.86. The first kappa shape index (κ1) is 20.6. The minimum atomic E-state index is -0.415. The normalized spacial score (nSPS) is 13.1. The molecule has 0 aliphatic rings. The lowest BCUT2D eigenvalue weighted by Crippen LogP contribution is -2.46. The zero-order valence-corrected chi connectivity index (χ0v) is 14.9. The van der Waals surface area contributed by atoms with E-state index in [1.807, 2.05) is 30.5 Å². The Hall–Kier alpha value is -0.420. The zero-order valence-electron chi connectivity index (χ0n) is 12.5. The van der Waals surface area contributed by atoms with E-state index in [2.05, 4.69) is 12.2 Å². The molecule has 21 heavy (non-hydrogen) atoms. The van der Waals surface area contributed by atoms with Crippen LogP contribution < -0.4 is 11.1 Å². The van der Waals surface area contributed by atoms with Crippen LogP contribution >= 0.6 is 35.8 Å². The number of carbonyl (C=O) groups is 1. The Morgan fingerprint density at radius 1 is 1.38 bits per heavy atom. The van der Waals surface area contributed by atoms with Crippen LogP contribution in [-0.2, 0) is 11.2 Å². The van der Waals surface area contributed by atoms with Gasteiger partial charge in [-0.05, 0) is 49.0 Å². The molecule has 120 valence electrons. The van der Waals surface area contributed by atoms with Gasteiger partial charge in [-0.1, -0.05) is 30.7 Å². The summed E-state index contributed by atoms with van der Waals surface area (Å²) in [5.41, 5.74) is 7.04. The highest BCUT2D eigenvalue weighted by molar-refractivity contribution is 7.98. The molecule has 6 heteroatoms. The molecule has 0 bridgehead atoms. The average molecular weight is 351 g/mol. The summed E-state index contributed by atoms with van der Waals surface area (Å²) in [5.74, 6) is 0.850. The molecule has 0 heterocycles. The number of rotatable bonds is 8. The number of halogens is 2. The van der Waals surface area contributed by atoms with Crippen molar-refractivity contribution in [2.45, 2.75) is 38.3 Å². The van der Waals surface area contributed by atoms with Crippen LogP contribution in [0.3, 0.4) is 0 Å². The SMILES string of the molecule is CCC(Cc1ccc(Cl)cc1)NC(=O)C(N)CCSC.Cl. The van der Waals surface area contributed by atoms with Crippen molar-refractivity contribution in [3.05, 3.63) is 34.9 Å². The van der Waals surface area contributed by atoms with E-state index in [9.17, 15) is 4.79 Å². The lowest BCUT2D eigenvalue weighted by molar-refractivity contribution is -0.123. The van der Waals surface area contributed by atoms with Crippen LogP contribution in [0.15, 0.2) is 24.3 Å². The molecule has 2 atom stereocenters. The largest absolute Gasteiger partial charge is 0.352 e. The summed E-state index contributed by atoms with van der Waals surface area (Å²) in [7, 11) is 0. The van der Waals surface area contributed by atoms with Gasteiger partial charge in [0.15, 0.2) is 0 Å². The molecule has 0 fully saturated rings. The molecule has 1 aromatic carbocycles. The van der Waals surface area contributed by atoms with E-state index in [1.165, 1.54) is 5.56 Å². The van der Waals surface area contributed by atoms with Gasteiger partial charge in [-0.2, -0.15) is 11.8 Å². The van der Waals surface area contributed by atoms with Crippen molar-refractivity contribution in [1.29, 1.82) is 0 Å². The van der Waals surface area contributed by atoms with E-state index >= 15 is 0 Å². The van der Waals surface area contributed by atoms with Gasteiger partial charge in [-0.3, -0.25) is 4.79 Å². The fourth-order valence-corrected chi connectivity index (χ4v) is 2.50. The van der Waals surface area contributed by atoms with Gasteiger partial charge in [0.1, 0.15) is 0 Å². The van der Waals surface area contributed by atoms with Crippen LogP contribution in [0, 0.1) is 0 Å². The molecule has 3 N–H and O–H groups in total. The number of benzene rings is 1. The lowest BCUT2D eigenvalue weighted by Gasteiger charge is -2.20. The topological polar surface area (TPSA) is 55.1 Å². The molecule has 0 saturated heterocycles. The molecule has 0 saturated carbocycles. The number of nitrogens with two attached hydrogens (primary N) is 1. The molecule has 0 aromatic heterocycles. The van der Waals surface area contributed by atoms with E-state index < -0.39 is 6.04 Å². The summed E-state index contributed by atoms with van der Waals surface area (Å²) in [5, 5.41) is 3.76. The van der Waals surface area contributed by atoms with Gasteiger partial charge in [-0.15, -0.1) is 12.4 Å². The minimum Gasteiger partial charge on any atom is -0.352 e. The van der Waals surface area contributed by atoms with Gasteiger partial charge in [0.05, 0.1) is 6.04 Å². The number of hydrogen-bond donors (Lipinski definition) is 2. The average Bonchev–Trinajstić information content (AvgIpc) is 2.46. The standard InChI is InChI=1S/C15H23ClN2OS.ClH/c1-3-13(10-11-4-6-12(16)7-5-11)18-15(19)14(17)8-9-20-2;/h4-7,13-14H,3,8-10,17H2,1-2H3,(H,18,19);1H. The maximum atomic E-state index is 12.0. The third kappa shape index (κ3) is 7.96. The molecule has 1 rings (SSSR count). The van der Waals surface area contributed by atoms with E-state index in [0.29, 0.717) is 6.42 Å². The Morgan fingerprint density at radius 3 is 2.52 bits per heavy atom. The summed E-state index contributed by atoms with van der Waals surface area (Å²) in [6, 6.07) is 7.42. The van der Waals surface area contributed by atoms with Crippen LogP contribution in [0.2, 0.25) is 5.02 Å². The Morgan fingerprint density at radius 2 is 2.00 bits per heavy atom. The Kier molecular flexibility index (Phi) is 11.0. The summed E-state index contributed by atoms with van der Waals surface area (Å²) >= 11 is 7.57. The Bertz CT molecular complexity index is 415. The fourth-order valence-electron chi connectivity index (χ4n) is 1.89. The maximum absolute atomic E-state index is 12.0. The highest BCUT2D eigenvalue weighted by Gasteiger charge is 2.17. The van der Waals surface area contributed by atoms with Crippen molar-refractivity contribution in [1.82, 2.24) is 5.32 Å². The Labute approximate surface area is 142 Å². The van der Waals surface area contributed by atoms with Crippen molar-refractivity contribution in [2.24, 2.45) is 5.73 Å². The Balaban J connectivity index is 0.00000400. The minimum absolute atomic E-state index is 0. The first-order valence-corrected chi connectivity index (χ1v) is 8.63. The van der Waals surface area contributed by atoms with Gasteiger partial charge >= 0.3 is 0 Å². The molecule has 3 nitrogen and oxygen atoms in total. The third-order valence-corrected chi connectivity index (χ3v) is 4.10. The van der Waals surface area contributed by atoms with Crippen LogP contribution in [0.5, 0.6) is 0 Å². The quantitative estimate of drug-likeness (QED) is 0.756. The molecule has 1 aromatic rings. The molecule has 0 aliphatic carbocycles. The van der Waals surface area contributed by atoms with Gasteiger partial charge in [0, 0.05) is 11.1 Å². The third-order valence-electron chi connectivity index (χ3n) is 3.20. The zero-order chi connectivity index (χ0) is 15.0. The number of carbonyl (C=O) groups excluding carboxylic acids is 1. The predicted octanol–water partition coefficient (Wildman–Crippen LogP) is 3.28. The van der Waals surface area contributed by atoms with E-state index in [1.54, 1.807) is 11.8 Å². The number of nitrogens with one attached hydrogen (secondary N) is 1. The smallest absolute Gasteiger partial charge is 0.237 e. The number of amides is 1. The van der Waals surface area contributed by atoms with Crippen molar-refractivity contribution in [3.8, 4) is 0 Å². The van der Waals surface area contributed by atoms with E-state index in [-0.39, 0.29) is 24.4 Å². The monoisotopic (exact) mass is 350 g/mol. The van der Waals surface area contributed by atoms with Crippen LogP contribution in [0.1, 0.15) is 25.3 Å². The number of hydrogen-bond acceptors (Lipinski definition) is 3. The molecular weight excluding hydrogens is 327 g/mol. The first-order chi connectivity index (χ1) is 9.56. The van der Waals surface area contributed by atoms with Crippen molar-refractivity contribution >= 4 is 41.7 Å². The summed E-state index contributed by atoms with van der Waals surface area (Å²) in [6.45, 7) is 2.06. The summed E-state index contributed by atoms with van der Waals surface area (Å²) in [4.78, 5) is 12.0. The van der Waals surface area contributed by atoms with Crippen molar-refractivity contribution in [3.63, 3.8) is 0 Å². The van der Waals surface area contributed by atoms with E-state index in [0.717, 1.165) is 23.6 Å². The fraction of sp³-hybridized carbons (Fsp3) is 0.533. The second-order valence-corrected chi connectivity index (χ2v) is 6.25. The molecule has 0 spiro atoms. The van der Waals surface area contributed by atoms with Crippen LogP contribution in [-0.4, -0.2) is 30.0 Å². The second kappa shape index (κ2) is 11.2. The summed E-state index contributed by atoms with van der Waals surface area (Å²) < 4.78 is 0. The van der Waals surface area contributed by atoms with Gasteiger partial charge in [0.25, 0.3) is 0 Å². The van der Waals surface area contributed by atoms with Crippen LogP contribution in [0.4, 0.5) is 0 Å². The molecule has 1 amide bonds. The van der Waals surface area contributed by atoms with Gasteiger partial charge in [0.2, 0.25) is 5.91 Å². The van der Waals surface area contributed by atoms with Crippen molar-refractivity contribution < 1.29 is 4.79 Å². The molecule has 0 radical (unpaired) electrons. The molecular formula is C15H24Cl2N2OS. The lowest BCUT2D eigenvalue weighted by atomic mass is 10.0. The highest BCUT2D eigenvalue weighted by Crippen LogP contribution is 2.12. The molecule has 0 aliphatic heterocycles.